The van der Waals surface area contributed by atoms with Gasteiger partial charge >= 0.3 is 0 Å². The van der Waals surface area contributed by atoms with E-state index in [0.29, 0.717) is 21.2 Å². The van der Waals surface area contributed by atoms with Crippen molar-refractivity contribution in [2.75, 3.05) is 0 Å². The Hall–Kier alpha value is -2.80. The topological polar surface area (TPSA) is 99.7 Å². The van der Waals surface area contributed by atoms with Crippen LogP contribution < -0.4 is 4.74 Å². The molecule has 3 aromatic rings. The Morgan fingerprint density at radius 2 is 2.09 bits per heavy atom. The summed E-state index contributed by atoms with van der Waals surface area (Å²) in [4.78, 5) is 13.4. The number of nitriles is 1. The zero-order chi connectivity index (χ0) is 22.7. The van der Waals surface area contributed by atoms with Crippen molar-refractivity contribution >= 4 is 55.9 Å². The molecule has 6 nitrogen and oxygen atoms in total. The Balaban J connectivity index is 1.50. The predicted octanol–water partition coefficient (Wildman–Crippen LogP) is 5.73. The van der Waals surface area contributed by atoms with Crippen LogP contribution in [0.5, 0.6) is 5.75 Å². The molecule has 1 saturated heterocycles. The highest BCUT2D eigenvalue weighted by Gasteiger charge is 2.39. The second-order valence-corrected chi connectivity index (χ2v) is 9.94. The number of hydrogen-bond acceptors (Lipinski definition) is 8. The van der Waals surface area contributed by atoms with Gasteiger partial charge in [-0.3, -0.25) is 10.2 Å². The highest BCUT2D eigenvalue weighted by molar-refractivity contribution is 9.10. The Morgan fingerprint density at radius 3 is 2.81 bits per heavy atom. The van der Waals surface area contributed by atoms with Crippen molar-refractivity contribution in [1.29, 1.82) is 10.7 Å². The number of halogens is 1. The van der Waals surface area contributed by atoms with Crippen molar-refractivity contribution in [2.24, 2.45) is 0 Å². The Morgan fingerprint density at radius 1 is 1.28 bits per heavy atom. The fourth-order valence-corrected chi connectivity index (χ4v) is 5.59. The van der Waals surface area contributed by atoms with Gasteiger partial charge in [-0.2, -0.15) is 5.26 Å². The van der Waals surface area contributed by atoms with Crippen LogP contribution in [0, 0.1) is 16.7 Å². The van der Waals surface area contributed by atoms with Gasteiger partial charge in [0.2, 0.25) is 0 Å². The van der Waals surface area contributed by atoms with Crippen LogP contribution in [-0.2, 0) is 17.8 Å². The van der Waals surface area contributed by atoms with E-state index in [1.165, 1.54) is 23.1 Å². The van der Waals surface area contributed by atoms with E-state index in [1.54, 1.807) is 12.1 Å². The molecule has 1 aliphatic heterocycles. The lowest BCUT2D eigenvalue weighted by atomic mass is 10.1. The normalized spacial score (nSPS) is 17.0. The smallest absolute Gasteiger partial charge is 0.186 e. The van der Waals surface area contributed by atoms with E-state index in [0.717, 1.165) is 27.0 Å². The minimum Gasteiger partial charge on any atom is -0.488 e. The van der Waals surface area contributed by atoms with Gasteiger partial charge in [0.15, 0.2) is 5.78 Å². The van der Waals surface area contributed by atoms with Crippen LogP contribution in [0.2, 0.25) is 0 Å². The number of Topliss-reactive ketones (excluding diaryl/α,β-unsaturated/α-hetero) is 1. The van der Waals surface area contributed by atoms with Gasteiger partial charge in [0.05, 0.1) is 26.1 Å². The zero-order valence-corrected chi connectivity index (χ0v) is 20.2. The number of carbonyl (C=O) groups is 1. The molecule has 9 heteroatoms. The summed E-state index contributed by atoms with van der Waals surface area (Å²) in [5.41, 5.74) is 2.21. The molecular formula is C23H17BrN4O2S2. The van der Waals surface area contributed by atoms with E-state index in [4.69, 9.17) is 10.1 Å². The van der Waals surface area contributed by atoms with E-state index >= 15 is 0 Å². The first kappa shape index (κ1) is 22.4. The first-order valence-corrected chi connectivity index (χ1v) is 12.2. The molecule has 2 heterocycles. The SMILES string of the molecule is CCc1nnc([C@@H]2C(=N)S/C(=C\c3ccc(OCc4ccccc4C#N)c(Br)c3)C2=O)s1. The fourth-order valence-electron chi connectivity index (χ4n) is 3.13. The van der Waals surface area contributed by atoms with Gasteiger partial charge < -0.3 is 4.74 Å². The number of benzene rings is 2. The molecular weight excluding hydrogens is 508 g/mol. The van der Waals surface area contributed by atoms with E-state index in [9.17, 15) is 10.1 Å². The second-order valence-electron chi connectivity index (χ2n) is 6.91. The first-order chi connectivity index (χ1) is 15.5. The van der Waals surface area contributed by atoms with Crippen LogP contribution in [0.15, 0.2) is 51.8 Å². The number of aromatic nitrogens is 2. The lowest BCUT2D eigenvalue weighted by Crippen LogP contribution is -2.11. The third kappa shape index (κ3) is 4.67. The number of hydrogen-bond donors (Lipinski definition) is 1. The Bertz CT molecular complexity index is 1280. The molecule has 1 aromatic heterocycles. The lowest BCUT2D eigenvalue weighted by Gasteiger charge is -2.10. The highest BCUT2D eigenvalue weighted by Crippen LogP contribution is 2.42. The molecule has 1 fully saturated rings. The molecule has 1 N–H and O–H groups in total. The van der Waals surface area contributed by atoms with Gasteiger partial charge in [0.25, 0.3) is 0 Å². The minimum absolute atomic E-state index is 0.122. The largest absolute Gasteiger partial charge is 0.488 e. The molecule has 0 unspecified atom stereocenters. The van der Waals surface area contributed by atoms with Crippen LogP contribution in [-0.4, -0.2) is 21.0 Å². The number of ketones is 1. The summed E-state index contributed by atoms with van der Waals surface area (Å²) in [6.07, 6.45) is 2.54. The fraction of sp³-hybridized carbons (Fsp3) is 0.174. The Kier molecular flexibility index (Phi) is 6.84. The molecule has 0 saturated carbocycles. The number of allylic oxidation sites excluding steroid dienone is 1. The second kappa shape index (κ2) is 9.77. The molecule has 1 atom stereocenters. The maximum absolute atomic E-state index is 12.9. The van der Waals surface area contributed by atoms with E-state index in [2.05, 4.69) is 32.2 Å². The quantitative estimate of drug-likeness (QED) is 0.413. The lowest BCUT2D eigenvalue weighted by molar-refractivity contribution is -0.114. The number of aryl methyl sites for hydroxylation is 1. The summed E-state index contributed by atoms with van der Waals surface area (Å²) in [6, 6.07) is 15.0. The molecule has 160 valence electrons. The Labute approximate surface area is 202 Å². The molecule has 0 aliphatic carbocycles. The van der Waals surface area contributed by atoms with Crippen LogP contribution in [0.3, 0.4) is 0 Å². The number of ether oxygens (including phenoxy) is 1. The van der Waals surface area contributed by atoms with Gasteiger partial charge in [0.1, 0.15) is 28.3 Å². The summed E-state index contributed by atoms with van der Waals surface area (Å²) < 4.78 is 6.61. The number of nitrogens with one attached hydrogen (secondary N) is 1. The molecule has 0 spiro atoms. The number of nitrogens with zero attached hydrogens (tertiary/aromatic N) is 3. The van der Waals surface area contributed by atoms with Crippen LogP contribution >= 0.6 is 39.0 Å². The summed E-state index contributed by atoms with van der Waals surface area (Å²) in [5, 5.41) is 27.4. The van der Waals surface area contributed by atoms with Gasteiger partial charge in [-0.05, 0) is 52.2 Å². The van der Waals surface area contributed by atoms with E-state index in [1.807, 2.05) is 43.3 Å². The van der Waals surface area contributed by atoms with E-state index < -0.39 is 5.92 Å². The van der Waals surface area contributed by atoms with Crippen molar-refractivity contribution in [3.63, 3.8) is 0 Å². The third-order valence-electron chi connectivity index (χ3n) is 4.79. The highest BCUT2D eigenvalue weighted by atomic mass is 79.9. The summed E-state index contributed by atoms with van der Waals surface area (Å²) in [6.45, 7) is 2.26. The maximum Gasteiger partial charge on any atom is 0.186 e. The summed E-state index contributed by atoms with van der Waals surface area (Å²) in [5.74, 6) is -0.143. The summed E-state index contributed by atoms with van der Waals surface area (Å²) in [7, 11) is 0. The number of rotatable bonds is 6. The van der Waals surface area contributed by atoms with Gasteiger partial charge in [-0.15, -0.1) is 21.5 Å². The molecule has 0 amide bonds. The van der Waals surface area contributed by atoms with Crippen LogP contribution in [0.4, 0.5) is 0 Å². The minimum atomic E-state index is -0.657. The molecule has 0 bridgehead atoms. The molecule has 2 aromatic carbocycles. The predicted molar refractivity (Wildman–Crippen MR) is 130 cm³/mol. The molecule has 32 heavy (non-hydrogen) atoms. The summed E-state index contributed by atoms with van der Waals surface area (Å²) >= 11 is 6.08. The van der Waals surface area contributed by atoms with Crippen molar-refractivity contribution in [1.82, 2.24) is 10.2 Å². The monoisotopic (exact) mass is 524 g/mol. The maximum atomic E-state index is 12.9. The molecule has 0 radical (unpaired) electrons. The van der Waals surface area contributed by atoms with Crippen molar-refractivity contribution in [3.05, 3.63) is 78.5 Å². The van der Waals surface area contributed by atoms with Crippen molar-refractivity contribution in [2.45, 2.75) is 25.9 Å². The average Bonchev–Trinajstić information content (AvgIpc) is 3.37. The zero-order valence-electron chi connectivity index (χ0n) is 17.0. The van der Waals surface area contributed by atoms with E-state index in [-0.39, 0.29) is 17.4 Å². The molecule has 1 aliphatic rings. The van der Waals surface area contributed by atoms with Gasteiger partial charge in [-0.1, -0.05) is 43.0 Å². The number of carbonyl (C=O) groups excluding carboxylic acids is 1. The molecule has 4 rings (SSSR count). The van der Waals surface area contributed by atoms with Crippen LogP contribution in [0.1, 0.15) is 39.5 Å². The first-order valence-electron chi connectivity index (χ1n) is 9.75. The van der Waals surface area contributed by atoms with Gasteiger partial charge in [0, 0.05) is 5.56 Å². The van der Waals surface area contributed by atoms with Crippen molar-refractivity contribution < 1.29 is 9.53 Å². The van der Waals surface area contributed by atoms with Crippen LogP contribution in [0.25, 0.3) is 6.08 Å². The standard InChI is InChI=1S/C23H17BrN4O2S2/c1-2-19-27-28-23(32-19)20-21(29)18(31-22(20)26)10-13-7-8-17(16(24)9-13)30-12-15-6-4-3-5-14(15)11-25/h3-10,20,26H,2,12H2,1H3/b18-10-,26-22?/t20-/m0/s1. The van der Waals surface area contributed by atoms with Gasteiger partial charge in [-0.25, -0.2) is 0 Å². The third-order valence-corrected chi connectivity index (χ3v) is 7.54. The van der Waals surface area contributed by atoms with Crippen molar-refractivity contribution in [3.8, 4) is 11.8 Å². The average molecular weight is 525 g/mol. The number of thioether (sulfide) groups is 1.